The summed E-state index contributed by atoms with van der Waals surface area (Å²) in [4.78, 5) is 4.65. The van der Waals surface area contributed by atoms with Crippen LogP contribution in [0.15, 0.2) is 78.9 Å². The molecular weight excluding hydrogens is 346 g/mol. The van der Waals surface area contributed by atoms with Crippen molar-refractivity contribution in [3.8, 4) is 0 Å². The molecule has 3 aromatic carbocycles. The zero-order valence-electron chi connectivity index (χ0n) is 13.9. The summed E-state index contributed by atoms with van der Waals surface area (Å²) in [6.45, 7) is 0. The van der Waals surface area contributed by atoms with E-state index in [-0.39, 0.29) is 5.88 Å². The zero-order chi connectivity index (χ0) is 18.0. The van der Waals surface area contributed by atoms with Crippen molar-refractivity contribution in [3.63, 3.8) is 0 Å². The highest BCUT2D eigenvalue weighted by molar-refractivity contribution is 7.92. The van der Waals surface area contributed by atoms with Crippen LogP contribution < -0.4 is 10.0 Å². The summed E-state index contributed by atoms with van der Waals surface area (Å²) in [5.74, 6) is -0.228. The molecule has 0 fully saturated rings. The van der Waals surface area contributed by atoms with Crippen molar-refractivity contribution in [1.82, 2.24) is 4.98 Å². The third kappa shape index (κ3) is 3.45. The van der Waals surface area contributed by atoms with Crippen molar-refractivity contribution < 1.29 is 8.42 Å². The molecule has 0 aliphatic heterocycles. The van der Waals surface area contributed by atoms with Crippen LogP contribution in [-0.2, 0) is 10.0 Å². The van der Waals surface area contributed by atoms with Crippen LogP contribution in [0.5, 0.6) is 0 Å². The number of hydrogen-bond donors (Lipinski definition) is 2. The summed E-state index contributed by atoms with van der Waals surface area (Å²) in [5, 5.41) is 4.93. The number of rotatable bonds is 5. The predicted molar refractivity (Wildman–Crippen MR) is 107 cm³/mol. The Hall–Kier alpha value is -3.12. The second-order valence-corrected chi connectivity index (χ2v) is 7.68. The Bertz CT molecular complexity index is 1180. The smallest absolute Gasteiger partial charge is 0.250 e. The van der Waals surface area contributed by atoms with Crippen LogP contribution in [-0.4, -0.2) is 19.3 Å². The predicted octanol–water partition coefficient (Wildman–Crippen LogP) is 4.20. The molecule has 26 heavy (non-hydrogen) atoms. The Balaban J connectivity index is 1.61. The standard InChI is InChI=1S/C20H17N3O2S/c24-26(25,23-16-8-2-1-3-9-16)14-21-19-11-6-12-20-17(19)13-15-7-4-5-10-18(15)22-20/h1-13,21,23H,14H2. The number of benzene rings is 3. The highest BCUT2D eigenvalue weighted by Gasteiger charge is 2.11. The molecule has 1 heterocycles. The molecule has 0 aliphatic rings. The maximum Gasteiger partial charge on any atom is 0.250 e. The van der Waals surface area contributed by atoms with E-state index >= 15 is 0 Å². The summed E-state index contributed by atoms with van der Waals surface area (Å²) in [6.07, 6.45) is 0. The first-order valence-electron chi connectivity index (χ1n) is 8.19. The maximum absolute atomic E-state index is 12.3. The Morgan fingerprint density at radius 3 is 2.38 bits per heavy atom. The molecule has 130 valence electrons. The van der Waals surface area contributed by atoms with Crippen molar-refractivity contribution in [2.45, 2.75) is 0 Å². The lowest BCUT2D eigenvalue weighted by Crippen LogP contribution is -2.22. The van der Waals surface area contributed by atoms with Gasteiger partial charge in [-0.15, -0.1) is 0 Å². The van der Waals surface area contributed by atoms with E-state index < -0.39 is 10.0 Å². The number of para-hydroxylation sites is 2. The molecule has 5 nitrogen and oxygen atoms in total. The first kappa shape index (κ1) is 16.4. The number of nitrogens with one attached hydrogen (secondary N) is 2. The molecule has 6 heteroatoms. The van der Waals surface area contributed by atoms with Crippen LogP contribution in [0.1, 0.15) is 0 Å². The van der Waals surface area contributed by atoms with Gasteiger partial charge >= 0.3 is 0 Å². The molecule has 0 atom stereocenters. The molecule has 0 radical (unpaired) electrons. The zero-order valence-corrected chi connectivity index (χ0v) is 14.7. The van der Waals surface area contributed by atoms with Gasteiger partial charge in [-0.1, -0.05) is 42.5 Å². The number of fused-ring (bicyclic) bond motifs is 2. The lowest BCUT2D eigenvalue weighted by atomic mass is 10.1. The van der Waals surface area contributed by atoms with E-state index in [9.17, 15) is 8.42 Å². The van der Waals surface area contributed by atoms with Crippen molar-refractivity contribution >= 4 is 43.2 Å². The lowest BCUT2D eigenvalue weighted by Gasteiger charge is -2.12. The van der Waals surface area contributed by atoms with E-state index in [1.165, 1.54) is 0 Å². The van der Waals surface area contributed by atoms with Gasteiger partial charge in [0.15, 0.2) is 0 Å². The van der Waals surface area contributed by atoms with Crippen LogP contribution in [0, 0.1) is 0 Å². The van der Waals surface area contributed by atoms with Crippen molar-refractivity contribution in [1.29, 1.82) is 0 Å². The van der Waals surface area contributed by atoms with Gasteiger partial charge in [0.25, 0.3) is 10.0 Å². The molecule has 1 aromatic heterocycles. The second kappa shape index (κ2) is 6.65. The van der Waals surface area contributed by atoms with E-state index in [2.05, 4.69) is 15.0 Å². The van der Waals surface area contributed by atoms with E-state index in [0.29, 0.717) is 5.69 Å². The van der Waals surface area contributed by atoms with Gasteiger partial charge < -0.3 is 5.32 Å². The van der Waals surface area contributed by atoms with Gasteiger partial charge in [0.2, 0.25) is 0 Å². The largest absolute Gasteiger partial charge is 0.370 e. The molecule has 0 saturated carbocycles. The number of aromatic nitrogens is 1. The molecule has 4 rings (SSSR count). The molecule has 0 saturated heterocycles. The second-order valence-electron chi connectivity index (χ2n) is 5.96. The fourth-order valence-corrected chi connectivity index (χ4v) is 3.76. The van der Waals surface area contributed by atoms with Gasteiger partial charge in [0.05, 0.1) is 11.0 Å². The number of nitrogens with zero attached hydrogens (tertiary/aromatic N) is 1. The third-order valence-corrected chi connectivity index (χ3v) is 5.13. The van der Waals surface area contributed by atoms with Crippen molar-refractivity contribution in [3.05, 3.63) is 78.9 Å². The van der Waals surface area contributed by atoms with Crippen LogP contribution in [0.4, 0.5) is 11.4 Å². The first-order valence-corrected chi connectivity index (χ1v) is 9.84. The van der Waals surface area contributed by atoms with Crippen LogP contribution in [0.25, 0.3) is 21.8 Å². The molecular formula is C20H17N3O2S. The van der Waals surface area contributed by atoms with Gasteiger partial charge in [-0.2, -0.15) is 0 Å². The summed E-state index contributed by atoms with van der Waals surface area (Å²) in [5.41, 5.74) is 3.01. The third-order valence-electron chi connectivity index (χ3n) is 4.06. The fraction of sp³-hybridized carbons (Fsp3) is 0.0500. The Kier molecular flexibility index (Phi) is 4.18. The Labute approximate surface area is 151 Å². The fourth-order valence-electron chi connectivity index (χ4n) is 2.85. The minimum absolute atomic E-state index is 0.228. The number of pyridine rings is 1. The van der Waals surface area contributed by atoms with E-state index in [1.807, 2.05) is 54.6 Å². The average Bonchev–Trinajstić information content (AvgIpc) is 2.65. The summed E-state index contributed by atoms with van der Waals surface area (Å²) in [6, 6.07) is 24.4. The van der Waals surface area contributed by atoms with Gasteiger partial charge in [-0.25, -0.2) is 13.4 Å². The topological polar surface area (TPSA) is 71.1 Å². The van der Waals surface area contributed by atoms with Gasteiger partial charge in [-0.3, -0.25) is 4.72 Å². The molecule has 0 spiro atoms. The molecule has 0 aliphatic carbocycles. The van der Waals surface area contributed by atoms with E-state index in [0.717, 1.165) is 27.5 Å². The number of hydrogen-bond acceptors (Lipinski definition) is 4. The van der Waals surface area contributed by atoms with Gasteiger partial charge in [0.1, 0.15) is 5.88 Å². The van der Waals surface area contributed by atoms with E-state index in [4.69, 9.17) is 0 Å². The van der Waals surface area contributed by atoms with E-state index in [1.54, 1.807) is 24.3 Å². The van der Waals surface area contributed by atoms with Crippen molar-refractivity contribution in [2.75, 3.05) is 15.9 Å². The molecule has 2 N–H and O–H groups in total. The Morgan fingerprint density at radius 1 is 0.808 bits per heavy atom. The normalized spacial score (nSPS) is 11.5. The summed E-state index contributed by atoms with van der Waals surface area (Å²) >= 11 is 0. The highest BCUT2D eigenvalue weighted by atomic mass is 32.2. The van der Waals surface area contributed by atoms with Crippen LogP contribution in [0.2, 0.25) is 0 Å². The molecule has 0 bridgehead atoms. The first-order chi connectivity index (χ1) is 12.6. The molecule has 0 amide bonds. The van der Waals surface area contributed by atoms with Crippen molar-refractivity contribution in [2.24, 2.45) is 0 Å². The molecule has 0 unspecified atom stereocenters. The lowest BCUT2D eigenvalue weighted by molar-refractivity contribution is 0.603. The van der Waals surface area contributed by atoms with Gasteiger partial charge in [0, 0.05) is 22.1 Å². The SMILES string of the molecule is O=S(=O)(CNc1cccc2nc3ccccc3cc12)Nc1ccccc1. The quantitative estimate of drug-likeness (QED) is 0.521. The summed E-state index contributed by atoms with van der Waals surface area (Å²) in [7, 11) is -3.53. The monoisotopic (exact) mass is 363 g/mol. The minimum atomic E-state index is -3.53. The Morgan fingerprint density at radius 2 is 1.54 bits per heavy atom. The van der Waals surface area contributed by atoms with Crippen LogP contribution in [0.3, 0.4) is 0 Å². The van der Waals surface area contributed by atoms with Gasteiger partial charge in [-0.05, 0) is 36.4 Å². The molecule has 4 aromatic rings. The number of sulfonamides is 1. The maximum atomic E-state index is 12.3. The number of anilines is 2. The average molecular weight is 363 g/mol. The highest BCUT2D eigenvalue weighted by Crippen LogP contribution is 2.26. The minimum Gasteiger partial charge on any atom is -0.370 e. The van der Waals surface area contributed by atoms with Crippen LogP contribution >= 0.6 is 0 Å². The summed E-state index contributed by atoms with van der Waals surface area (Å²) < 4.78 is 27.2.